The molecule has 28 heavy (non-hydrogen) atoms. The molecule has 0 unspecified atom stereocenters. The molecule has 1 aromatic rings. The number of aliphatic hydroxyl groups is 1. The van der Waals surface area contributed by atoms with E-state index in [-0.39, 0.29) is 45.1 Å². The lowest BCUT2D eigenvalue weighted by atomic mass is 9.93. The van der Waals surface area contributed by atoms with Crippen LogP contribution in [0.2, 0.25) is 5.02 Å². The van der Waals surface area contributed by atoms with Crippen molar-refractivity contribution in [2.75, 3.05) is 46.1 Å². The number of halogens is 1. The summed E-state index contributed by atoms with van der Waals surface area (Å²) in [5.74, 6) is 0.155. The number of likely N-dealkylation sites (tertiary alicyclic amines) is 1. The first kappa shape index (κ1) is 24.3. The van der Waals surface area contributed by atoms with E-state index >= 15 is 0 Å². The number of β-amino-alcohol motifs (C(OH)–C–C–N with tert-alkyl or cyclic N) is 1. The number of methoxy groups -OCH3 is 2. The van der Waals surface area contributed by atoms with Crippen molar-refractivity contribution in [1.29, 1.82) is 0 Å². The number of nitrogens with zero attached hydrogens (tertiary/aromatic N) is 1. The van der Waals surface area contributed by atoms with Crippen LogP contribution in [-0.4, -0.2) is 67.9 Å². The second kappa shape index (κ2) is 11.3. The number of amides is 1. The summed E-state index contributed by atoms with van der Waals surface area (Å²) >= 11 is 6.11. The minimum Gasteiger partial charge on any atom is -0.492 e. The number of nitrogens with one attached hydrogen (secondary N) is 1. The molecule has 0 radical (unpaired) electrons. The van der Waals surface area contributed by atoms with Gasteiger partial charge in [-0.3, -0.25) is 4.79 Å². The predicted molar refractivity (Wildman–Crippen MR) is 110 cm³/mol. The monoisotopic (exact) mass is 417 g/mol. The fraction of sp³-hybridized carbons (Fsp3) is 0.632. The van der Waals surface area contributed by atoms with Gasteiger partial charge < -0.3 is 36.0 Å². The van der Waals surface area contributed by atoms with E-state index in [1.165, 1.54) is 20.3 Å². The van der Waals surface area contributed by atoms with Gasteiger partial charge in [0.15, 0.2) is 11.5 Å². The minimum absolute atomic E-state index is 0. The third-order valence-corrected chi connectivity index (χ3v) is 5.35. The van der Waals surface area contributed by atoms with E-state index in [2.05, 4.69) is 17.1 Å². The van der Waals surface area contributed by atoms with Crippen LogP contribution in [0.1, 0.15) is 36.5 Å². The van der Waals surface area contributed by atoms with Gasteiger partial charge in [-0.05, 0) is 32.0 Å². The summed E-state index contributed by atoms with van der Waals surface area (Å²) in [6.45, 7) is 5.13. The standard InChI is InChI=1S/C19H30ClN3O4.H2O/c1-4-5-7-23-8-6-12(15(24)11-23)10-22-19(25)13-9-14(20)16(21)18(27-3)17(13)26-2;/h9,12,15,24H,4-8,10-11,21H2,1-3H3,(H,22,25);1H2/t12-,15+;/m1./s1. The highest BCUT2D eigenvalue weighted by atomic mass is 35.5. The topological polar surface area (TPSA) is 129 Å². The Morgan fingerprint density at radius 3 is 2.64 bits per heavy atom. The number of ether oxygens (including phenoxy) is 2. The number of carbonyl (C=O) groups excluding carboxylic acids is 1. The fourth-order valence-electron chi connectivity index (χ4n) is 3.38. The third-order valence-electron chi connectivity index (χ3n) is 5.03. The maximum Gasteiger partial charge on any atom is 0.255 e. The Balaban J connectivity index is 0.00000392. The summed E-state index contributed by atoms with van der Waals surface area (Å²) in [6, 6.07) is 1.47. The quantitative estimate of drug-likeness (QED) is 0.547. The van der Waals surface area contributed by atoms with Gasteiger partial charge in [-0.25, -0.2) is 0 Å². The smallest absolute Gasteiger partial charge is 0.255 e. The zero-order chi connectivity index (χ0) is 20.0. The van der Waals surface area contributed by atoms with Crippen molar-refractivity contribution in [2.45, 2.75) is 32.3 Å². The van der Waals surface area contributed by atoms with Crippen LogP contribution >= 0.6 is 11.6 Å². The Kier molecular flexibility index (Phi) is 9.81. The second-order valence-electron chi connectivity index (χ2n) is 6.87. The minimum atomic E-state index is -0.456. The van der Waals surface area contributed by atoms with Gasteiger partial charge in [0, 0.05) is 19.0 Å². The van der Waals surface area contributed by atoms with Crippen molar-refractivity contribution < 1.29 is 24.9 Å². The van der Waals surface area contributed by atoms with E-state index in [1.807, 2.05) is 0 Å². The molecule has 1 fully saturated rings. The first-order chi connectivity index (χ1) is 12.9. The second-order valence-corrected chi connectivity index (χ2v) is 7.27. The molecule has 8 nitrogen and oxygen atoms in total. The number of carbonyl (C=O) groups is 1. The molecule has 2 atom stereocenters. The van der Waals surface area contributed by atoms with Crippen LogP contribution in [0.3, 0.4) is 0 Å². The van der Waals surface area contributed by atoms with Gasteiger partial charge in [-0.1, -0.05) is 24.9 Å². The largest absolute Gasteiger partial charge is 0.492 e. The van der Waals surface area contributed by atoms with Gasteiger partial charge in [0.1, 0.15) is 0 Å². The Hall–Kier alpha value is -1.74. The Labute approximate surface area is 171 Å². The van der Waals surface area contributed by atoms with E-state index in [0.717, 1.165) is 32.4 Å². The number of nitrogens with two attached hydrogens (primary N) is 1. The number of hydrogen-bond acceptors (Lipinski definition) is 6. The number of rotatable bonds is 8. The molecule has 6 N–H and O–H groups in total. The molecule has 1 aliphatic rings. The molecule has 0 bridgehead atoms. The number of aliphatic hydroxyl groups excluding tert-OH is 1. The number of benzene rings is 1. The average molecular weight is 418 g/mol. The highest BCUT2D eigenvalue weighted by molar-refractivity contribution is 6.34. The van der Waals surface area contributed by atoms with Crippen molar-refractivity contribution >= 4 is 23.2 Å². The van der Waals surface area contributed by atoms with E-state index in [4.69, 9.17) is 26.8 Å². The van der Waals surface area contributed by atoms with Crippen LogP contribution in [0.15, 0.2) is 6.07 Å². The lowest BCUT2D eigenvalue weighted by molar-refractivity contribution is 0.0217. The molecule has 1 saturated heterocycles. The lowest BCUT2D eigenvalue weighted by Gasteiger charge is -2.36. The highest BCUT2D eigenvalue weighted by Gasteiger charge is 2.28. The van der Waals surface area contributed by atoms with Gasteiger partial charge >= 0.3 is 0 Å². The molecule has 1 aromatic carbocycles. The van der Waals surface area contributed by atoms with Crippen molar-refractivity contribution in [3.8, 4) is 11.5 Å². The average Bonchev–Trinajstić information content (AvgIpc) is 2.66. The molecule has 160 valence electrons. The summed E-state index contributed by atoms with van der Waals surface area (Å²) in [6.07, 6.45) is 2.66. The van der Waals surface area contributed by atoms with Crippen LogP contribution in [-0.2, 0) is 0 Å². The molecule has 0 aliphatic carbocycles. The normalized spacial score (nSPS) is 19.6. The molecule has 1 aliphatic heterocycles. The van der Waals surface area contributed by atoms with Crippen LogP contribution in [0.5, 0.6) is 11.5 Å². The van der Waals surface area contributed by atoms with Crippen molar-refractivity contribution in [3.63, 3.8) is 0 Å². The number of piperidine rings is 1. The molecule has 0 saturated carbocycles. The molecular formula is C19H32ClN3O5. The fourth-order valence-corrected chi connectivity index (χ4v) is 3.58. The van der Waals surface area contributed by atoms with Crippen LogP contribution in [0.25, 0.3) is 0 Å². The molecule has 9 heteroatoms. The van der Waals surface area contributed by atoms with E-state index in [0.29, 0.717) is 13.1 Å². The summed E-state index contributed by atoms with van der Waals surface area (Å²) < 4.78 is 10.5. The molecule has 0 spiro atoms. The lowest BCUT2D eigenvalue weighted by Crippen LogP contribution is -2.47. The van der Waals surface area contributed by atoms with Gasteiger partial charge in [0.05, 0.1) is 36.6 Å². The van der Waals surface area contributed by atoms with Crippen LogP contribution in [0, 0.1) is 5.92 Å². The van der Waals surface area contributed by atoms with Gasteiger partial charge in [0.2, 0.25) is 0 Å². The summed E-state index contributed by atoms with van der Waals surface area (Å²) in [5, 5.41) is 13.5. The SMILES string of the molecule is CCCCN1CC[C@H](CNC(=O)c2cc(Cl)c(N)c(OC)c2OC)[C@@H](O)C1.O. The Morgan fingerprint density at radius 2 is 2.07 bits per heavy atom. The van der Waals surface area contributed by atoms with Crippen molar-refractivity contribution in [1.82, 2.24) is 10.2 Å². The molecule has 1 amide bonds. The molecule has 1 heterocycles. The Bertz CT molecular complexity index is 659. The number of unbranched alkanes of at least 4 members (excludes halogenated alkanes) is 1. The first-order valence-corrected chi connectivity index (χ1v) is 9.69. The third kappa shape index (κ3) is 5.64. The van der Waals surface area contributed by atoms with Crippen LogP contribution in [0.4, 0.5) is 5.69 Å². The summed E-state index contributed by atoms with van der Waals surface area (Å²) in [4.78, 5) is 15.0. The van der Waals surface area contributed by atoms with Gasteiger partial charge in [-0.15, -0.1) is 0 Å². The maximum atomic E-state index is 12.7. The Morgan fingerprint density at radius 1 is 1.39 bits per heavy atom. The zero-order valence-electron chi connectivity index (χ0n) is 16.8. The van der Waals surface area contributed by atoms with Crippen molar-refractivity contribution in [2.24, 2.45) is 5.92 Å². The maximum absolute atomic E-state index is 12.7. The van der Waals surface area contributed by atoms with Crippen LogP contribution < -0.4 is 20.5 Å². The zero-order valence-corrected chi connectivity index (χ0v) is 17.5. The first-order valence-electron chi connectivity index (χ1n) is 9.31. The van der Waals surface area contributed by atoms with E-state index in [9.17, 15) is 9.90 Å². The predicted octanol–water partition coefficient (Wildman–Crippen LogP) is 1.33. The summed E-state index contributed by atoms with van der Waals surface area (Å²) in [7, 11) is 2.88. The van der Waals surface area contributed by atoms with Crippen molar-refractivity contribution in [3.05, 3.63) is 16.7 Å². The highest BCUT2D eigenvalue weighted by Crippen LogP contribution is 2.41. The molecular weight excluding hydrogens is 386 g/mol. The van der Waals surface area contributed by atoms with E-state index < -0.39 is 6.10 Å². The molecule has 2 rings (SSSR count). The molecule has 0 aromatic heterocycles. The van der Waals surface area contributed by atoms with Gasteiger partial charge in [0.25, 0.3) is 5.91 Å². The number of hydrogen-bond donors (Lipinski definition) is 3. The van der Waals surface area contributed by atoms with Gasteiger partial charge in [-0.2, -0.15) is 0 Å². The number of anilines is 1. The summed E-state index contributed by atoms with van der Waals surface area (Å²) in [5.41, 5.74) is 6.37. The number of nitrogen functional groups attached to an aromatic ring is 1. The van der Waals surface area contributed by atoms with E-state index in [1.54, 1.807) is 0 Å².